The van der Waals surface area contributed by atoms with Crippen LogP contribution < -0.4 is 0 Å². The fourth-order valence-electron chi connectivity index (χ4n) is 3.10. The minimum absolute atomic E-state index is 0.0140. The van der Waals surface area contributed by atoms with Gasteiger partial charge in [-0.15, -0.1) is 0 Å². The summed E-state index contributed by atoms with van der Waals surface area (Å²) >= 11 is 0. The van der Waals surface area contributed by atoms with Crippen molar-refractivity contribution in [2.75, 3.05) is 26.2 Å². The quantitative estimate of drug-likeness (QED) is 0.817. The molecule has 20 heavy (non-hydrogen) atoms. The van der Waals surface area contributed by atoms with Crippen LogP contribution in [0.4, 0.5) is 0 Å². The molecule has 2 saturated heterocycles. The number of carbonyl (C=O) groups is 2. The maximum Gasteiger partial charge on any atom is 0.225 e. The lowest BCUT2D eigenvalue weighted by Gasteiger charge is -2.34. The standard InChI is InChI=1S/C15H26N2O3/c1-11(2)13(18)16-7-4-12(5-8-16)14(19)17-9-6-15(3,20)10-17/h11-12,20H,4-10H2,1-3H3. The van der Waals surface area contributed by atoms with Gasteiger partial charge in [-0.25, -0.2) is 0 Å². The number of piperidine rings is 1. The molecular formula is C15H26N2O3. The number of amides is 2. The Labute approximate surface area is 120 Å². The predicted octanol–water partition coefficient (Wildman–Crippen LogP) is 0.864. The zero-order valence-corrected chi connectivity index (χ0v) is 12.8. The van der Waals surface area contributed by atoms with Crippen molar-refractivity contribution < 1.29 is 14.7 Å². The van der Waals surface area contributed by atoms with Crippen molar-refractivity contribution in [2.45, 2.75) is 45.6 Å². The van der Waals surface area contributed by atoms with Crippen molar-refractivity contribution in [3.05, 3.63) is 0 Å². The molecule has 2 amide bonds. The maximum absolute atomic E-state index is 12.4. The van der Waals surface area contributed by atoms with Gasteiger partial charge < -0.3 is 14.9 Å². The summed E-state index contributed by atoms with van der Waals surface area (Å²) in [4.78, 5) is 28.0. The molecular weight excluding hydrogens is 256 g/mol. The number of aliphatic hydroxyl groups is 1. The SMILES string of the molecule is CC(C)C(=O)N1CCC(C(=O)N2CCC(C)(O)C2)CC1. The molecule has 0 aromatic carbocycles. The molecule has 0 aliphatic carbocycles. The van der Waals surface area contributed by atoms with Crippen LogP contribution in [-0.4, -0.2) is 58.5 Å². The molecule has 5 heteroatoms. The van der Waals surface area contributed by atoms with Crippen LogP contribution in [0.2, 0.25) is 0 Å². The monoisotopic (exact) mass is 282 g/mol. The van der Waals surface area contributed by atoms with Crippen LogP contribution in [0.25, 0.3) is 0 Å². The van der Waals surface area contributed by atoms with E-state index < -0.39 is 5.60 Å². The number of hydrogen-bond donors (Lipinski definition) is 1. The number of carbonyl (C=O) groups excluding carboxylic acids is 2. The van der Waals surface area contributed by atoms with Gasteiger partial charge in [0.2, 0.25) is 11.8 Å². The van der Waals surface area contributed by atoms with Gasteiger partial charge in [-0.05, 0) is 26.2 Å². The van der Waals surface area contributed by atoms with Crippen LogP contribution in [-0.2, 0) is 9.59 Å². The van der Waals surface area contributed by atoms with E-state index in [9.17, 15) is 14.7 Å². The van der Waals surface area contributed by atoms with E-state index in [-0.39, 0.29) is 23.7 Å². The highest BCUT2D eigenvalue weighted by molar-refractivity contribution is 5.81. The molecule has 1 unspecified atom stereocenters. The van der Waals surface area contributed by atoms with E-state index in [2.05, 4.69) is 0 Å². The Bertz CT molecular complexity index is 385. The lowest BCUT2D eigenvalue weighted by atomic mass is 9.94. The summed E-state index contributed by atoms with van der Waals surface area (Å²) in [5, 5.41) is 9.94. The lowest BCUT2D eigenvalue weighted by Crippen LogP contribution is -2.45. The summed E-state index contributed by atoms with van der Waals surface area (Å²) < 4.78 is 0. The first-order valence-corrected chi connectivity index (χ1v) is 7.60. The Morgan fingerprint density at radius 1 is 1.15 bits per heavy atom. The smallest absolute Gasteiger partial charge is 0.225 e. The Hall–Kier alpha value is -1.10. The fraction of sp³-hybridized carbons (Fsp3) is 0.867. The second-order valence-corrected chi connectivity index (χ2v) is 6.76. The highest BCUT2D eigenvalue weighted by atomic mass is 16.3. The Morgan fingerprint density at radius 2 is 1.75 bits per heavy atom. The van der Waals surface area contributed by atoms with Gasteiger partial charge in [0.25, 0.3) is 0 Å². The lowest BCUT2D eigenvalue weighted by molar-refractivity contribution is -0.141. The van der Waals surface area contributed by atoms with Crippen molar-refractivity contribution in [2.24, 2.45) is 11.8 Å². The van der Waals surface area contributed by atoms with Crippen LogP contribution in [0.1, 0.15) is 40.0 Å². The third kappa shape index (κ3) is 3.32. The van der Waals surface area contributed by atoms with Crippen LogP contribution >= 0.6 is 0 Å². The van der Waals surface area contributed by atoms with Crippen LogP contribution in [0.15, 0.2) is 0 Å². The minimum Gasteiger partial charge on any atom is -0.388 e. The van der Waals surface area contributed by atoms with Crippen molar-refractivity contribution in [3.63, 3.8) is 0 Å². The average Bonchev–Trinajstić information content (AvgIpc) is 2.77. The van der Waals surface area contributed by atoms with Crippen molar-refractivity contribution in [1.82, 2.24) is 9.80 Å². The molecule has 0 saturated carbocycles. The van der Waals surface area contributed by atoms with Gasteiger partial charge >= 0.3 is 0 Å². The molecule has 0 aromatic heterocycles. The van der Waals surface area contributed by atoms with E-state index >= 15 is 0 Å². The molecule has 2 aliphatic heterocycles. The van der Waals surface area contributed by atoms with E-state index in [1.807, 2.05) is 18.7 Å². The summed E-state index contributed by atoms with van der Waals surface area (Å²) in [5.41, 5.74) is -0.732. The zero-order valence-electron chi connectivity index (χ0n) is 12.8. The Balaban J connectivity index is 1.85. The number of rotatable bonds is 2. The number of hydrogen-bond acceptors (Lipinski definition) is 3. The Morgan fingerprint density at radius 3 is 2.20 bits per heavy atom. The van der Waals surface area contributed by atoms with E-state index in [4.69, 9.17) is 0 Å². The molecule has 0 radical (unpaired) electrons. The van der Waals surface area contributed by atoms with Gasteiger partial charge in [0.05, 0.1) is 5.60 Å². The van der Waals surface area contributed by atoms with Crippen molar-refractivity contribution in [3.8, 4) is 0 Å². The van der Waals surface area contributed by atoms with Gasteiger partial charge in [-0.2, -0.15) is 0 Å². The minimum atomic E-state index is -0.732. The first kappa shape index (κ1) is 15.3. The van der Waals surface area contributed by atoms with Crippen molar-refractivity contribution >= 4 is 11.8 Å². The zero-order chi connectivity index (χ0) is 14.9. The second-order valence-electron chi connectivity index (χ2n) is 6.76. The molecule has 0 aromatic rings. The number of nitrogens with zero attached hydrogens (tertiary/aromatic N) is 2. The first-order chi connectivity index (χ1) is 9.30. The normalized spacial score (nSPS) is 28.2. The van der Waals surface area contributed by atoms with Gasteiger partial charge in [0.1, 0.15) is 0 Å². The van der Waals surface area contributed by atoms with E-state index in [0.29, 0.717) is 32.6 Å². The van der Waals surface area contributed by atoms with Crippen LogP contribution in [0.3, 0.4) is 0 Å². The fourth-order valence-corrected chi connectivity index (χ4v) is 3.10. The summed E-state index contributed by atoms with van der Waals surface area (Å²) in [6.07, 6.45) is 2.15. The first-order valence-electron chi connectivity index (χ1n) is 7.60. The molecule has 0 bridgehead atoms. The summed E-state index contributed by atoms with van der Waals surface area (Å²) in [6.45, 7) is 8.05. The third-order valence-corrected chi connectivity index (χ3v) is 4.41. The van der Waals surface area contributed by atoms with Crippen LogP contribution in [0.5, 0.6) is 0 Å². The maximum atomic E-state index is 12.4. The summed E-state index contributed by atoms with van der Waals surface area (Å²) in [6, 6.07) is 0. The van der Waals surface area contributed by atoms with E-state index in [1.54, 1.807) is 11.8 Å². The molecule has 2 fully saturated rings. The highest BCUT2D eigenvalue weighted by Crippen LogP contribution is 2.26. The van der Waals surface area contributed by atoms with E-state index in [0.717, 1.165) is 12.8 Å². The summed E-state index contributed by atoms with van der Waals surface area (Å²) in [5.74, 6) is 0.371. The highest BCUT2D eigenvalue weighted by Gasteiger charge is 2.37. The number of β-amino-alcohol motifs (C(OH)–C–C–N with tert-alkyl or cyclic N) is 1. The average molecular weight is 282 g/mol. The number of likely N-dealkylation sites (tertiary alicyclic amines) is 2. The molecule has 2 aliphatic rings. The molecule has 5 nitrogen and oxygen atoms in total. The largest absolute Gasteiger partial charge is 0.388 e. The molecule has 1 atom stereocenters. The molecule has 0 spiro atoms. The predicted molar refractivity (Wildman–Crippen MR) is 76.0 cm³/mol. The Kier molecular flexibility index (Phi) is 4.37. The molecule has 114 valence electrons. The third-order valence-electron chi connectivity index (χ3n) is 4.41. The van der Waals surface area contributed by atoms with Gasteiger partial charge in [0, 0.05) is 38.0 Å². The second kappa shape index (κ2) is 5.72. The molecule has 1 N–H and O–H groups in total. The van der Waals surface area contributed by atoms with Crippen LogP contribution in [0, 0.1) is 11.8 Å². The van der Waals surface area contributed by atoms with Gasteiger partial charge in [0.15, 0.2) is 0 Å². The van der Waals surface area contributed by atoms with Crippen molar-refractivity contribution in [1.29, 1.82) is 0 Å². The van der Waals surface area contributed by atoms with Gasteiger partial charge in [-0.1, -0.05) is 13.8 Å². The van der Waals surface area contributed by atoms with Gasteiger partial charge in [-0.3, -0.25) is 9.59 Å². The molecule has 2 rings (SSSR count). The summed E-state index contributed by atoms with van der Waals surface area (Å²) in [7, 11) is 0. The molecule has 2 heterocycles. The topological polar surface area (TPSA) is 60.9 Å². The van der Waals surface area contributed by atoms with E-state index in [1.165, 1.54) is 0 Å².